The van der Waals surface area contributed by atoms with Gasteiger partial charge in [-0.3, -0.25) is 4.79 Å². The summed E-state index contributed by atoms with van der Waals surface area (Å²) in [4.78, 5) is 12.3. The summed E-state index contributed by atoms with van der Waals surface area (Å²) in [5.41, 5.74) is 0.967. The van der Waals surface area contributed by atoms with Crippen LogP contribution in [-0.2, 0) is 26.0 Å². The summed E-state index contributed by atoms with van der Waals surface area (Å²) in [5, 5.41) is 2.89. The Morgan fingerprint density at radius 3 is 2.34 bits per heavy atom. The Labute approximate surface area is 189 Å². The Morgan fingerprint density at radius 1 is 1.03 bits per heavy atom. The Morgan fingerprint density at radius 2 is 1.69 bits per heavy atom. The van der Waals surface area contributed by atoms with Crippen molar-refractivity contribution in [2.45, 2.75) is 24.2 Å². The van der Waals surface area contributed by atoms with Gasteiger partial charge in [-0.25, -0.2) is 8.42 Å². The van der Waals surface area contributed by atoms with Crippen molar-refractivity contribution in [1.82, 2.24) is 9.62 Å². The third-order valence-corrected chi connectivity index (χ3v) is 7.06. The monoisotopic (exact) mass is 462 g/mol. The zero-order valence-electron chi connectivity index (χ0n) is 18.3. The summed E-state index contributed by atoms with van der Waals surface area (Å²) in [6.07, 6.45) is 1.63. The largest absolute Gasteiger partial charge is 0.497 e. The number of nitrogens with zero attached hydrogens (tertiary/aromatic N) is 1. The third kappa shape index (κ3) is 6.94. The number of hydrogen-bond donors (Lipinski definition) is 1. The fourth-order valence-electron chi connectivity index (χ4n) is 3.29. The third-order valence-electron chi connectivity index (χ3n) is 5.14. The Kier molecular flexibility index (Phi) is 8.90. The van der Waals surface area contributed by atoms with Crippen molar-refractivity contribution >= 4 is 15.9 Å². The number of ether oxygens (including phenoxy) is 3. The van der Waals surface area contributed by atoms with Gasteiger partial charge in [0.15, 0.2) is 0 Å². The van der Waals surface area contributed by atoms with Crippen molar-refractivity contribution in [1.29, 1.82) is 0 Å². The fraction of sp³-hybridized carbons (Fsp3) is 0.435. The standard InChI is InChI=1S/C23H30N2O6S/c1-29-20-6-8-21(9-7-20)31-16-2-3-23(26)24-13-12-19-4-10-22(11-5-19)32(27,28)25-14-17-30-18-15-25/h4-11H,2-3,12-18H2,1H3,(H,24,26). The first-order valence-corrected chi connectivity index (χ1v) is 12.1. The van der Waals surface area contributed by atoms with E-state index in [2.05, 4.69) is 5.32 Å². The van der Waals surface area contributed by atoms with Crippen molar-refractivity contribution in [3.8, 4) is 11.5 Å². The van der Waals surface area contributed by atoms with E-state index in [1.807, 2.05) is 24.3 Å². The minimum atomic E-state index is -3.48. The number of hydrogen-bond acceptors (Lipinski definition) is 6. The number of sulfonamides is 1. The smallest absolute Gasteiger partial charge is 0.243 e. The summed E-state index contributed by atoms with van der Waals surface area (Å²) in [6.45, 7) is 2.55. The van der Waals surface area contributed by atoms with Gasteiger partial charge < -0.3 is 19.5 Å². The number of morpholine rings is 1. The molecule has 0 spiro atoms. The highest BCUT2D eigenvalue weighted by Crippen LogP contribution is 2.18. The van der Waals surface area contributed by atoms with Gasteiger partial charge in [0.05, 0.1) is 31.8 Å². The normalized spacial score (nSPS) is 14.7. The molecule has 1 saturated heterocycles. The van der Waals surface area contributed by atoms with Crippen LogP contribution in [0.4, 0.5) is 0 Å². The lowest BCUT2D eigenvalue weighted by Crippen LogP contribution is -2.40. The molecule has 1 aliphatic rings. The quantitative estimate of drug-likeness (QED) is 0.515. The van der Waals surface area contributed by atoms with E-state index >= 15 is 0 Å². The van der Waals surface area contributed by atoms with Gasteiger partial charge >= 0.3 is 0 Å². The molecular formula is C23H30N2O6S. The van der Waals surface area contributed by atoms with Crippen LogP contribution in [0, 0.1) is 0 Å². The van der Waals surface area contributed by atoms with Crippen LogP contribution in [0.25, 0.3) is 0 Å². The molecule has 9 heteroatoms. The second kappa shape index (κ2) is 11.8. The van der Waals surface area contributed by atoms with Crippen LogP contribution in [0.5, 0.6) is 11.5 Å². The molecule has 8 nitrogen and oxygen atoms in total. The highest BCUT2D eigenvalue weighted by molar-refractivity contribution is 7.89. The molecule has 0 bridgehead atoms. The number of amides is 1. The summed E-state index contributed by atoms with van der Waals surface area (Å²) in [7, 11) is -1.87. The first-order valence-electron chi connectivity index (χ1n) is 10.7. The summed E-state index contributed by atoms with van der Waals surface area (Å²) < 4.78 is 42.7. The number of rotatable bonds is 11. The minimum Gasteiger partial charge on any atom is -0.497 e. The average Bonchev–Trinajstić information content (AvgIpc) is 2.83. The van der Waals surface area contributed by atoms with Gasteiger partial charge in [0.25, 0.3) is 0 Å². The topological polar surface area (TPSA) is 94.2 Å². The lowest BCUT2D eigenvalue weighted by Gasteiger charge is -2.26. The number of benzene rings is 2. The summed E-state index contributed by atoms with van der Waals surface area (Å²) in [6, 6.07) is 14.1. The van der Waals surface area contributed by atoms with E-state index in [0.717, 1.165) is 17.1 Å². The molecule has 1 aliphatic heterocycles. The Hall–Kier alpha value is -2.62. The van der Waals surface area contributed by atoms with Gasteiger partial charge in [0.1, 0.15) is 11.5 Å². The van der Waals surface area contributed by atoms with Gasteiger partial charge in [0, 0.05) is 26.1 Å². The van der Waals surface area contributed by atoms with E-state index in [1.54, 1.807) is 31.4 Å². The van der Waals surface area contributed by atoms with Crippen molar-refractivity contribution in [3.63, 3.8) is 0 Å². The van der Waals surface area contributed by atoms with Gasteiger partial charge in [-0.15, -0.1) is 0 Å². The molecule has 1 heterocycles. The lowest BCUT2D eigenvalue weighted by molar-refractivity contribution is -0.121. The van der Waals surface area contributed by atoms with Crippen LogP contribution in [0.15, 0.2) is 53.4 Å². The molecule has 0 aromatic heterocycles. The van der Waals surface area contributed by atoms with Crippen LogP contribution in [0.2, 0.25) is 0 Å². The molecule has 1 amide bonds. The minimum absolute atomic E-state index is 0.0325. The van der Waals surface area contributed by atoms with Crippen LogP contribution in [-0.4, -0.2) is 65.2 Å². The SMILES string of the molecule is COc1ccc(OCCCC(=O)NCCc2ccc(S(=O)(=O)N3CCOCC3)cc2)cc1. The molecule has 0 radical (unpaired) electrons. The maximum atomic E-state index is 12.6. The fourth-order valence-corrected chi connectivity index (χ4v) is 4.70. The second-order valence-electron chi connectivity index (χ2n) is 7.39. The lowest BCUT2D eigenvalue weighted by atomic mass is 10.1. The van der Waals surface area contributed by atoms with E-state index in [1.165, 1.54) is 4.31 Å². The van der Waals surface area contributed by atoms with E-state index < -0.39 is 10.0 Å². The average molecular weight is 463 g/mol. The number of carbonyl (C=O) groups excluding carboxylic acids is 1. The van der Waals surface area contributed by atoms with Gasteiger partial charge in [-0.1, -0.05) is 12.1 Å². The molecule has 0 atom stereocenters. The highest BCUT2D eigenvalue weighted by atomic mass is 32.2. The van der Waals surface area contributed by atoms with Crippen molar-refractivity contribution in [3.05, 3.63) is 54.1 Å². The van der Waals surface area contributed by atoms with Gasteiger partial charge in [-0.2, -0.15) is 4.31 Å². The zero-order chi connectivity index (χ0) is 22.8. The molecule has 2 aromatic rings. The Bertz CT molecular complexity index is 955. The predicted molar refractivity (Wildman–Crippen MR) is 120 cm³/mol. The molecule has 32 heavy (non-hydrogen) atoms. The van der Waals surface area contributed by atoms with Gasteiger partial charge in [-0.05, 0) is 54.8 Å². The van der Waals surface area contributed by atoms with Crippen LogP contribution in [0.3, 0.4) is 0 Å². The molecule has 2 aromatic carbocycles. The molecule has 0 saturated carbocycles. The summed E-state index contributed by atoms with van der Waals surface area (Å²) >= 11 is 0. The number of methoxy groups -OCH3 is 1. The second-order valence-corrected chi connectivity index (χ2v) is 9.33. The highest BCUT2D eigenvalue weighted by Gasteiger charge is 2.26. The van der Waals surface area contributed by atoms with E-state index in [9.17, 15) is 13.2 Å². The molecule has 3 rings (SSSR count). The van der Waals surface area contributed by atoms with Gasteiger partial charge in [0.2, 0.25) is 15.9 Å². The van der Waals surface area contributed by atoms with Crippen molar-refractivity contribution in [2.24, 2.45) is 0 Å². The zero-order valence-corrected chi connectivity index (χ0v) is 19.1. The maximum absolute atomic E-state index is 12.6. The number of carbonyl (C=O) groups is 1. The first-order chi connectivity index (χ1) is 15.5. The van der Waals surface area contributed by atoms with Crippen LogP contribution < -0.4 is 14.8 Å². The van der Waals surface area contributed by atoms with Crippen molar-refractivity contribution < 1.29 is 27.4 Å². The van der Waals surface area contributed by atoms with E-state index in [0.29, 0.717) is 58.7 Å². The summed E-state index contributed by atoms with van der Waals surface area (Å²) in [5.74, 6) is 1.48. The predicted octanol–water partition coefficient (Wildman–Crippen LogP) is 2.23. The molecule has 174 valence electrons. The molecule has 1 N–H and O–H groups in total. The molecule has 0 aliphatic carbocycles. The van der Waals surface area contributed by atoms with Crippen LogP contribution in [0.1, 0.15) is 18.4 Å². The maximum Gasteiger partial charge on any atom is 0.243 e. The first kappa shape index (κ1) is 24.0. The van der Waals surface area contributed by atoms with E-state index in [4.69, 9.17) is 14.2 Å². The molecular weight excluding hydrogens is 432 g/mol. The van der Waals surface area contributed by atoms with Crippen molar-refractivity contribution in [2.75, 3.05) is 46.6 Å². The molecule has 0 unspecified atom stereocenters. The van der Waals surface area contributed by atoms with Crippen LogP contribution >= 0.6 is 0 Å². The molecule has 1 fully saturated rings. The van der Waals surface area contributed by atoms with E-state index in [-0.39, 0.29) is 10.8 Å². The Balaban J connectivity index is 1.34. The number of nitrogens with one attached hydrogen (secondary N) is 1.